The van der Waals surface area contributed by atoms with Gasteiger partial charge >= 0.3 is 5.97 Å². The van der Waals surface area contributed by atoms with Gasteiger partial charge in [0, 0.05) is 6.42 Å². The highest BCUT2D eigenvalue weighted by Gasteiger charge is 2.09. The quantitative estimate of drug-likeness (QED) is 0.432. The van der Waals surface area contributed by atoms with Crippen LogP contribution in [-0.4, -0.2) is 12.6 Å². The van der Waals surface area contributed by atoms with Gasteiger partial charge < -0.3 is 4.74 Å². The van der Waals surface area contributed by atoms with Crippen LogP contribution in [0.25, 0.3) is 0 Å². The Hall–Kier alpha value is -0.530. The molecule has 0 saturated heterocycles. The maximum Gasteiger partial charge on any atom is 0.305 e. The van der Waals surface area contributed by atoms with Gasteiger partial charge in [0.05, 0.1) is 6.61 Å². The monoisotopic (exact) mass is 242 g/mol. The van der Waals surface area contributed by atoms with Crippen LogP contribution in [0.4, 0.5) is 0 Å². The van der Waals surface area contributed by atoms with Crippen LogP contribution in [0.15, 0.2) is 0 Å². The standard InChI is InChI=1S/C15H30O2/c1-5-6-7-8-11-14(16)17-13-10-9-12-15(2,3)4/h5-13H2,1-4H3. The van der Waals surface area contributed by atoms with Crippen molar-refractivity contribution in [1.29, 1.82) is 0 Å². The Balaban J connectivity index is 3.28. The van der Waals surface area contributed by atoms with Crippen molar-refractivity contribution in [3.63, 3.8) is 0 Å². The Morgan fingerprint density at radius 1 is 1.00 bits per heavy atom. The zero-order valence-electron chi connectivity index (χ0n) is 12.2. The lowest BCUT2D eigenvalue weighted by atomic mass is 9.90. The molecule has 0 aromatic carbocycles. The number of carbonyl (C=O) groups excluding carboxylic acids is 1. The van der Waals surface area contributed by atoms with E-state index in [0.29, 0.717) is 18.4 Å². The van der Waals surface area contributed by atoms with Crippen molar-refractivity contribution >= 4 is 5.97 Å². The predicted octanol–water partition coefficient (Wildman–Crippen LogP) is 4.72. The van der Waals surface area contributed by atoms with Gasteiger partial charge in [-0.05, 0) is 31.1 Å². The second kappa shape index (κ2) is 9.49. The van der Waals surface area contributed by atoms with Crippen LogP contribution in [0.1, 0.15) is 79.1 Å². The molecule has 0 aliphatic carbocycles. The number of esters is 1. The van der Waals surface area contributed by atoms with Gasteiger partial charge in [-0.1, -0.05) is 47.0 Å². The average molecular weight is 242 g/mol. The lowest BCUT2D eigenvalue weighted by molar-refractivity contribution is -0.143. The van der Waals surface area contributed by atoms with Crippen molar-refractivity contribution in [2.75, 3.05) is 6.61 Å². The molecule has 0 spiro atoms. The van der Waals surface area contributed by atoms with Crippen molar-refractivity contribution < 1.29 is 9.53 Å². The van der Waals surface area contributed by atoms with Gasteiger partial charge in [0.1, 0.15) is 0 Å². The number of hydrogen-bond donors (Lipinski definition) is 0. The highest BCUT2D eigenvalue weighted by Crippen LogP contribution is 2.21. The molecule has 0 fully saturated rings. The van der Waals surface area contributed by atoms with E-state index in [1.54, 1.807) is 0 Å². The summed E-state index contributed by atoms with van der Waals surface area (Å²) in [6, 6.07) is 0. The molecule has 17 heavy (non-hydrogen) atoms. The predicted molar refractivity (Wildman–Crippen MR) is 73.0 cm³/mol. The van der Waals surface area contributed by atoms with Gasteiger partial charge in [0.15, 0.2) is 0 Å². The maximum atomic E-state index is 11.3. The first kappa shape index (κ1) is 16.5. The Labute approximate surface area is 107 Å². The molecule has 0 saturated carbocycles. The van der Waals surface area contributed by atoms with Gasteiger partial charge in [0.2, 0.25) is 0 Å². The molecule has 0 aliphatic heterocycles. The molecule has 0 aromatic heterocycles. The fourth-order valence-corrected chi connectivity index (χ4v) is 1.71. The molecule has 0 rings (SSSR count). The second-order valence-electron chi connectivity index (χ2n) is 6.05. The van der Waals surface area contributed by atoms with Crippen molar-refractivity contribution in [3.05, 3.63) is 0 Å². The summed E-state index contributed by atoms with van der Waals surface area (Å²) in [6.45, 7) is 9.50. The van der Waals surface area contributed by atoms with Gasteiger partial charge in [-0.3, -0.25) is 4.79 Å². The number of hydrogen-bond acceptors (Lipinski definition) is 2. The van der Waals surface area contributed by atoms with E-state index >= 15 is 0 Å². The van der Waals surface area contributed by atoms with Crippen LogP contribution in [0, 0.1) is 5.41 Å². The van der Waals surface area contributed by atoms with E-state index in [0.717, 1.165) is 25.7 Å². The topological polar surface area (TPSA) is 26.3 Å². The Morgan fingerprint density at radius 3 is 2.29 bits per heavy atom. The molecule has 0 heterocycles. The third-order valence-electron chi connectivity index (χ3n) is 2.82. The molecule has 102 valence electrons. The first-order chi connectivity index (χ1) is 7.95. The van der Waals surface area contributed by atoms with Crippen LogP contribution in [0.5, 0.6) is 0 Å². The zero-order valence-corrected chi connectivity index (χ0v) is 12.2. The molecule has 0 N–H and O–H groups in total. The molecule has 0 aliphatic rings. The van der Waals surface area contributed by atoms with E-state index in [1.807, 2.05) is 0 Å². The highest BCUT2D eigenvalue weighted by atomic mass is 16.5. The van der Waals surface area contributed by atoms with Crippen LogP contribution in [0.3, 0.4) is 0 Å². The third kappa shape index (κ3) is 13.4. The van der Waals surface area contributed by atoms with Gasteiger partial charge in [-0.15, -0.1) is 0 Å². The maximum absolute atomic E-state index is 11.3. The normalized spacial score (nSPS) is 11.5. The second-order valence-corrected chi connectivity index (χ2v) is 6.05. The van der Waals surface area contributed by atoms with Crippen LogP contribution in [-0.2, 0) is 9.53 Å². The minimum atomic E-state index is -0.0168. The minimum Gasteiger partial charge on any atom is -0.466 e. The average Bonchev–Trinajstić information content (AvgIpc) is 2.22. The van der Waals surface area contributed by atoms with Crippen molar-refractivity contribution in [2.24, 2.45) is 5.41 Å². The number of unbranched alkanes of at least 4 members (excludes halogenated alkanes) is 4. The summed E-state index contributed by atoms with van der Waals surface area (Å²) in [7, 11) is 0. The molecule has 0 amide bonds. The van der Waals surface area contributed by atoms with Crippen LogP contribution in [0.2, 0.25) is 0 Å². The van der Waals surface area contributed by atoms with Gasteiger partial charge in [-0.25, -0.2) is 0 Å². The molecule has 2 heteroatoms. The zero-order chi connectivity index (χ0) is 13.1. The summed E-state index contributed by atoms with van der Waals surface area (Å²) in [5.41, 5.74) is 0.393. The van der Waals surface area contributed by atoms with E-state index in [9.17, 15) is 4.79 Å². The fraction of sp³-hybridized carbons (Fsp3) is 0.933. The SMILES string of the molecule is CCCCCCC(=O)OCCCCC(C)(C)C. The summed E-state index contributed by atoms with van der Waals surface area (Å²) in [6.07, 6.45) is 8.50. The van der Waals surface area contributed by atoms with E-state index in [1.165, 1.54) is 19.3 Å². The van der Waals surface area contributed by atoms with Crippen LogP contribution >= 0.6 is 0 Å². The number of carbonyl (C=O) groups is 1. The van der Waals surface area contributed by atoms with Crippen molar-refractivity contribution in [2.45, 2.75) is 79.1 Å². The van der Waals surface area contributed by atoms with E-state index in [2.05, 4.69) is 27.7 Å². The van der Waals surface area contributed by atoms with E-state index in [-0.39, 0.29) is 5.97 Å². The Bertz CT molecular complexity index is 192. The number of rotatable bonds is 9. The molecular weight excluding hydrogens is 212 g/mol. The third-order valence-corrected chi connectivity index (χ3v) is 2.82. The van der Waals surface area contributed by atoms with Crippen molar-refractivity contribution in [3.8, 4) is 0 Å². The molecule has 0 radical (unpaired) electrons. The summed E-state index contributed by atoms with van der Waals surface area (Å²) < 4.78 is 5.20. The molecule has 0 aromatic rings. The molecule has 2 nitrogen and oxygen atoms in total. The smallest absolute Gasteiger partial charge is 0.305 e. The Morgan fingerprint density at radius 2 is 1.71 bits per heavy atom. The van der Waals surface area contributed by atoms with Crippen molar-refractivity contribution in [1.82, 2.24) is 0 Å². The van der Waals surface area contributed by atoms with Crippen LogP contribution < -0.4 is 0 Å². The minimum absolute atomic E-state index is 0.0168. The molecule has 0 bridgehead atoms. The summed E-state index contributed by atoms with van der Waals surface area (Å²) in [5.74, 6) is -0.0168. The molecule has 0 atom stereocenters. The summed E-state index contributed by atoms with van der Waals surface area (Å²) in [5, 5.41) is 0. The van der Waals surface area contributed by atoms with Gasteiger partial charge in [-0.2, -0.15) is 0 Å². The first-order valence-electron chi connectivity index (χ1n) is 7.11. The first-order valence-corrected chi connectivity index (χ1v) is 7.11. The Kier molecular flexibility index (Phi) is 9.20. The molecular formula is C15H30O2. The van der Waals surface area contributed by atoms with Gasteiger partial charge in [0.25, 0.3) is 0 Å². The highest BCUT2D eigenvalue weighted by molar-refractivity contribution is 5.69. The summed E-state index contributed by atoms with van der Waals surface area (Å²) in [4.78, 5) is 11.3. The number of ether oxygens (including phenoxy) is 1. The lowest BCUT2D eigenvalue weighted by Crippen LogP contribution is -2.08. The lowest BCUT2D eigenvalue weighted by Gasteiger charge is -2.17. The van der Waals surface area contributed by atoms with E-state index < -0.39 is 0 Å². The fourth-order valence-electron chi connectivity index (χ4n) is 1.71. The molecule has 0 unspecified atom stereocenters. The largest absolute Gasteiger partial charge is 0.466 e. The van der Waals surface area contributed by atoms with E-state index in [4.69, 9.17) is 4.74 Å². The summed E-state index contributed by atoms with van der Waals surface area (Å²) >= 11 is 0.